The first-order chi connectivity index (χ1) is 70.1. The van der Waals surface area contributed by atoms with E-state index >= 15 is 0 Å². The molecule has 12 rings (SSSR count). The summed E-state index contributed by atoms with van der Waals surface area (Å²) in [6, 6.07) is -10.1. The molecule has 12 saturated heterocycles. The molecule has 0 saturated carbocycles. The van der Waals surface area contributed by atoms with Crippen molar-refractivity contribution in [3.8, 4) is 0 Å². The maximum Gasteiger partial charge on any atom is 0.217 e. The van der Waals surface area contributed by atoms with E-state index in [0.29, 0.717) is 0 Å². The molecule has 5 amide bonds. The molecule has 0 spiro atoms. The van der Waals surface area contributed by atoms with Gasteiger partial charge in [0.2, 0.25) is 29.5 Å². The van der Waals surface area contributed by atoms with Gasteiger partial charge in [0.1, 0.15) is 293 Å². The Morgan fingerprint density at radius 2 is 0.372 bits per heavy atom. The van der Waals surface area contributed by atoms with E-state index in [9.17, 15) is 192 Å². The normalized spacial score (nSPS) is 49.3. The van der Waals surface area contributed by atoms with Gasteiger partial charge in [-0.25, -0.2) is 0 Å². The van der Waals surface area contributed by atoms with Crippen molar-refractivity contribution in [1.29, 1.82) is 0 Å². The minimum Gasteiger partial charge on any atom is -0.394 e. The highest BCUT2D eigenvalue weighted by molar-refractivity contribution is 5.75. The van der Waals surface area contributed by atoms with Crippen molar-refractivity contribution in [1.82, 2.24) is 26.6 Å². The lowest BCUT2D eigenvalue weighted by Crippen LogP contribution is -2.71. The molecule has 12 aliphatic rings. The molecule has 0 aromatic carbocycles. The van der Waals surface area contributed by atoms with Crippen molar-refractivity contribution in [3.63, 3.8) is 0 Å². The average Bonchev–Trinajstić information content (AvgIpc) is 0.754. The van der Waals surface area contributed by atoms with Crippen LogP contribution < -0.4 is 26.6 Å². The van der Waals surface area contributed by atoms with Crippen LogP contribution in [-0.2, 0) is 133 Å². The number of aliphatic hydroxyl groups is 33. The van der Waals surface area contributed by atoms with Crippen LogP contribution >= 0.6 is 0 Å². The van der Waals surface area contributed by atoms with Gasteiger partial charge in [0.05, 0.1) is 79.3 Å². The molecule has 148 heavy (non-hydrogen) atoms. The zero-order valence-electron chi connectivity index (χ0n) is 79.3. The van der Waals surface area contributed by atoms with Crippen molar-refractivity contribution in [2.75, 3.05) is 79.3 Å². The number of carbonyl (C=O) groups is 5. The molecule has 0 aliphatic carbocycles. The SMILES string of the molecule is CC(=O)N[C@@H]1[C@@H](O)[C@H](O[C@@H]2O[C@H](CO)[C@@H](O[C@@H]3O[C@H](CO[C@H]4O[C@H](CO)[C@@H](O)[C@H](O)[C@@H]4O[C@@H]4O[C@H](CO)[C@@H](O[C@@H]5O[C@H](CO)[C@H](O)[C@H](O)[C@H]5O)[C@H](O)[C@H]4NC(C)=O)[C@@H](O)[C@H](O[C@H]4O[C@H](CO)[C@@H](O[C@@H]5O[C@H](CO)[C@@H](O[C@@H]6O[C@H](CO)[C@H](O)[C@H](O)[C@H]6O)[C@H](O)[C@H]5NC(C)=O)[C@H](O)[C@@H]4O[C@@H]4O[C@H](CO)[C@@H](O[C@@H]5O[C@H](CO)[C@H](O)[C@H](O[C@H]6O[C@H](CO)[C@H](O)[C@H](O)[C@H]6O)[C@H]5O)[C@H](O)[C@H]4NC(C)=O)[C@@H]3O)[C@H](O)[C@H]2NC(C)=O)[C@@H](CO)O[C@H]1O. The van der Waals surface area contributed by atoms with Gasteiger partial charge < -0.3 is 304 Å². The molecule has 38 N–H and O–H groups in total. The van der Waals surface area contributed by atoms with Crippen LogP contribution in [0.3, 0.4) is 0 Å². The number of ether oxygens (including phenoxy) is 23. The first kappa shape index (κ1) is 122. The molecule has 12 aliphatic heterocycles. The van der Waals surface area contributed by atoms with Gasteiger partial charge in [0, 0.05) is 34.6 Å². The number of rotatable bonds is 39. The van der Waals surface area contributed by atoms with Gasteiger partial charge in [0.15, 0.2) is 75.5 Å². The Labute approximate surface area is 837 Å². The third-order valence-corrected chi connectivity index (χ3v) is 27.1. The van der Waals surface area contributed by atoms with Crippen molar-refractivity contribution in [2.24, 2.45) is 0 Å². The third-order valence-electron chi connectivity index (χ3n) is 27.1. The fraction of sp³-hybridized carbons (Fsp3) is 0.939. The second-order valence-corrected chi connectivity index (χ2v) is 37.3. The molecule has 66 heteroatoms. The summed E-state index contributed by atoms with van der Waals surface area (Å²) >= 11 is 0. The fourth-order valence-corrected chi connectivity index (χ4v) is 19.3. The van der Waals surface area contributed by atoms with Gasteiger partial charge in [-0.05, 0) is 0 Å². The summed E-state index contributed by atoms with van der Waals surface area (Å²) in [5.74, 6) is -5.04. The summed E-state index contributed by atoms with van der Waals surface area (Å²) in [5.41, 5.74) is 0. The van der Waals surface area contributed by atoms with Gasteiger partial charge in [-0.15, -0.1) is 0 Å². The number of nitrogens with one attached hydrogen (secondary N) is 5. The number of hydrogen-bond donors (Lipinski definition) is 38. The maximum absolute atomic E-state index is 13.7. The van der Waals surface area contributed by atoms with E-state index in [-0.39, 0.29) is 0 Å². The Balaban J connectivity index is 0.929. The smallest absolute Gasteiger partial charge is 0.217 e. The van der Waals surface area contributed by atoms with Crippen LogP contribution in [0.4, 0.5) is 0 Å². The fourth-order valence-electron chi connectivity index (χ4n) is 19.3. The maximum atomic E-state index is 13.7. The largest absolute Gasteiger partial charge is 0.394 e. The van der Waals surface area contributed by atoms with Gasteiger partial charge in [-0.3, -0.25) is 24.0 Å². The summed E-state index contributed by atoms with van der Waals surface area (Å²) in [5, 5.41) is 385. The molecular weight excluding hydrogens is 2030 g/mol. The second-order valence-electron chi connectivity index (χ2n) is 37.3. The lowest BCUT2D eigenvalue weighted by Gasteiger charge is -2.52. The highest BCUT2D eigenvalue weighted by Crippen LogP contribution is 2.43. The van der Waals surface area contributed by atoms with E-state index in [1.807, 2.05) is 0 Å². The number of carbonyl (C=O) groups excluding carboxylic acids is 5. The lowest BCUT2D eigenvalue weighted by atomic mass is 9.93. The van der Waals surface area contributed by atoms with Gasteiger partial charge in [-0.1, -0.05) is 0 Å². The van der Waals surface area contributed by atoms with Crippen molar-refractivity contribution >= 4 is 29.5 Å². The van der Waals surface area contributed by atoms with Crippen molar-refractivity contribution < 1.29 is 301 Å². The molecule has 856 valence electrons. The highest BCUT2D eigenvalue weighted by Gasteiger charge is 2.64. The molecule has 60 atom stereocenters. The van der Waals surface area contributed by atoms with Crippen molar-refractivity contribution in [3.05, 3.63) is 0 Å². The lowest BCUT2D eigenvalue weighted by molar-refractivity contribution is -0.407. The summed E-state index contributed by atoms with van der Waals surface area (Å²) in [6.07, 6.45) is -122. The Morgan fingerprint density at radius 1 is 0.176 bits per heavy atom. The van der Waals surface area contributed by atoms with E-state index in [2.05, 4.69) is 26.6 Å². The van der Waals surface area contributed by atoms with E-state index in [4.69, 9.17) is 109 Å². The van der Waals surface area contributed by atoms with Crippen LogP contribution in [0.25, 0.3) is 0 Å². The second kappa shape index (κ2) is 53.4. The van der Waals surface area contributed by atoms with Gasteiger partial charge in [0.25, 0.3) is 0 Å². The monoisotopic (exact) mass is 2170 g/mol. The van der Waals surface area contributed by atoms with E-state index < -0.39 is 477 Å². The van der Waals surface area contributed by atoms with Crippen LogP contribution in [0.2, 0.25) is 0 Å². The Kier molecular flexibility index (Phi) is 43.9. The molecule has 0 radical (unpaired) electrons. The predicted molar refractivity (Wildman–Crippen MR) is 453 cm³/mol. The van der Waals surface area contributed by atoms with Crippen LogP contribution in [0.5, 0.6) is 0 Å². The topological polar surface area (TPSA) is 1030 Å². The highest BCUT2D eigenvalue weighted by atomic mass is 16.8. The molecule has 0 aromatic heterocycles. The molecule has 0 aromatic rings. The number of aliphatic hydroxyl groups excluding tert-OH is 33. The number of hydrogen-bond acceptors (Lipinski definition) is 61. The zero-order valence-corrected chi connectivity index (χ0v) is 79.3. The zero-order chi connectivity index (χ0) is 109. The quantitative estimate of drug-likeness (QED) is 0.0272. The molecule has 0 unspecified atom stereocenters. The summed E-state index contributed by atoms with van der Waals surface area (Å²) in [6.45, 7) is -9.95. The molecule has 0 bridgehead atoms. The minimum absolute atomic E-state index is 0.829. The minimum atomic E-state index is -2.80. The van der Waals surface area contributed by atoms with Crippen LogP contribution in [0.1, 0.15) is 34.6 Å². The standard InChI is InChI=1S/C82H137N5O61/c1-18(99)83-35-46(110)61(28(11-93)127-71(35)125)139-72-36(84-19(2)100)48(112)65(31(14-96)133-72)144-80-60(124)68(45(109)34(138-80)17-126-81-69(54(118)43(107)26(9-91)132-81)147-74-38(86-21(4)102)49(113)63(30(13-95)135-74)142-77-56(120)52(116)41(105)24(7-89)129-77)146-82-70(58(122)66(33(16-98)137-82)140-73-37(85-20(3)101)47(111)62(29(12-94)134-73)141-76-55(119)51(115)40(104)23(6-88)128-76)148-75-39(87-22(5)103)50(114)64(32(15-97)136-75)143-79-59(123)67(44(108)27(10-92)131-79)145-78-57(121)53(117)42(106)25(8-90)130-78/h23-82,88-98,104-125H,6-17H2,1-5H3,(H,83,99)(H,84,100)(H,85,101)(H,86,102)(H,87,103)/t23-,24-,25-,26-,27-,28-,29-,30-,31-,32-,33-,34-,35-,36-,37-,38-,39-,40+,41+,42+,43-,44+,45-,46-,47-,48-,49-,50-,51+,52+,53+,54+,55-,56-,57-,58+,59-,60+,61-,62-,63-,64-,65-,66-,67+,68+,69+,70+,71-,72+,73+,74+,75+,76+,77+,78-,79+,80+,81+,82-/m1/s1. The van der Waals surface area contributed by atoms with Crippen LogP contribution in [0.15, 0.2) is 0 Å². The van der Waals surface area contributed by atoms with E-state index in [1.165, 1.54) is 0 Å². The summed E-state index contributed by atoms with van der Waals surface area (Å²) in [7, 11) is 0. The first-order valence-electron chi connectivity index (χ1n) is 47.2. The molecular formula is C82H137N5O61. The van der Waals surface area contributed by atoms with Gasteiger partial charge >= 0.3 is 0 Å². The molecule has 12 fully saturated rings. The summed E-state index contributed by atoms with van der Waals surface area (Å²) in [4.78, 5) is 65.7. The van der Waals surface area contributed by atoms with Crippen LogP contribution in [-0.4, -0.2) is 645 Å². The Hall–Kier alpha value is -4.89. The summed E-state index contributed by atoms with van der Waals surface area (Å²) < 4.78 is 138. The van der Waals surface area contributed by atoms with E-state index in [0.717, 1.165) is 34.6 Å². The third kappa shape index (κ3) is 26.7. The van der Waals surface area contributed by atoms with Crippen molar-refractivity contribution in [2.45, 2.75) is 403 Å². The Bertz CT molecular complexity index is 4130. The van der Waals surface area contributed by atoms with Crippen LogP contribution in [0, 0.1) is 0 Å². The van der Waals surface area contributed by atoms with Gasteiger partial charge in [-0.2, -0.15) is 0 Å². The molecule has 12 heterocycles. The average molecular weight is 2170 g/mol. The van der Waals surface area contributed by atoms with E-state index in [1.54, 1.807) is 0 Å². The first-order valence-corrected chi connectivity index (χ1v) is 47.2. The Morgan fingerprint density at radius 3 is 0.669 bits per heavy atom. The molecule has 66 nitrogen and oxygen atoms in total. The predicted octanol–water partition coefficient (Wildman–Crippen LogP) is -26.4. The number of amides is 5.